The molecule has 1 aromatic heterocycles. The van der Waals surface area contributed by atoms with Crippen molar-refractivity contribution in [2.24, 2.45) is 0 Å². The molecule has 0 aliphatic heterocycles. The number of halogens is 1. The Morgan fingerprint density at radius 2 is 1.79 bits per heavy atom. The van der Waals surface area contributed by atoms with Crippen molar-refractivity contribution in [3.8, 4) is 17.4 Å². The van der Waals surface area contributed by atoms with Crippen LogP contribution in [0.3, 0.4) is 0 Å². The molecule has 138 valence electrons. The molecule has 28 heavy (non-hydrogen) atoms. The lowest BCUT2D eigenvalue weighted by molar-refractivity contribution is -0.255. The number of hydrogen-bond acceptors (Lipinski definition) is 5. The van der Waals surface area contributed by atoms with E-state index in [0.29, 0.717) is 27.2 Å². The fourth-order valence-electron chi connectivity index (χ4n) is 2.40. The lowest BCUT2D eigenvalue weighted by Gasteiger charge is -2.05. The molecule has 0 saturated heterocycles. The van der Waals surface area contributed by atoms with Crippen molar-refractivity contribution >= 4 is 39.6 Å². The van der Waals surface area contributed by atoms with E-state index in [1.165, 1.54) is 18.2 Å². The van der Waals surface area contributed by atoms with Crippen molar-refractivity contribution in [2.75, 3.05) is 5.32 Å². The Kier molecular flexibility index (Phi) is 5.72. The number of nitrogens with one attached hydrogen (secondary N) is 1. The van der Waals surface area contributed by atoms with E-state index in [9.17, 15) is 20.0 Å². The summed E-state index contributed by atoms with van der Waals surface area (Å²) < 4.78 is 6.34. The van der Waals surface area contributed by atoms with E-state index in [-0.39, 0.29) is 11.1 Å². The summed E-state index contributed by atoms with van der Waals surface area (Å²) in [5.41, 5.74) is 1.14. The Bertz CT molecular complexity index is 1110. The van der Waals surface area contributed by atoms with Gasteiger partial charge in [-0.25, -0.2) is 0 Å². The first-order valence-corrected chi connectivity index (χ1v) is 8.86. The third-order valence-electron chi connectivity index (χ3n) is 3.81. The predicted octanol–water partition coefficient (Wildman–Crippen LogP) is 3.62. The number of carboxylic acids is 1. The van der Waals surface area contributed by atoms with Crippen LogP contribution >= 0.6 is 15.9 Å². The first-order chi connectivity index (χ1) is 13.5. The molecule has 6 nitrogen and oxygen atoms in total. The molecule has 0 unspecified atom stereocenters. The molecule has 0 radical (unpaired) electrons. The molecule has 3 rings (SSSR count). The number of para-hydroxylation sites is 1. The average Bonchev–Trinajstić information content (AvgIpc) is 3.16. The molecule has 3 aromatic rings. The van der Waals surface area contributed by atoms with Gasteiger partial charge in [-0.1, -0.05) is 36.4 Å². The molecule has 1 heterocycles. The monoisotopic (exact) mass is 435 g/mol. The van der Waals surface area contributed by atoms with Crippen molar-refractivity contribution in [2.45, 2.75) is 0 Å². The summed E-state index contributed by atoms with van der Waals surface area (Å²) in [7, 11) is 0. The van der Waals surface area contributed by atoms with Crippen LogP contribution in [0.5, 0.6) is 0 Å². The van der Waals surface area contributed by atoms with Gasteiger partial charge in [0.15, 0.2) is 0 Å². The van der Waals surface area contributed by atoms with E-state index < -0.39 is 11.9 Å². The first-order valence-electron chi connectivity index (χ1n) is 8.07. The lowest BCUT2D eigenvalue weighted by Crippen LogP contribution is -2.21. The molecule has 7 heteroatoms. The van der Waals surface area contributed by atoms with E-state index in [2.05, 4.69) is 21.2 Å². The molecule has 0 aliphatic carbocycles. The average molecular weight is 436 g/mol. The Balaban J connectivity index is 1.80. The van der Waals surface area contributed by atoms with Crippen LogP contribution in [-0.4, -0.2) is 11.9 Å². The summed E-state index contributed by atoms with van der Waals surface area (Å²) in [5.74, 6) is -1.03. The Morgan fingerprint density at radius 1 is 1.07 bits per heavy atom. The number of nitrogens with zero attached hydrogens (tertiary/aromatic N) is 1. The van der Waals surface area contributed by atoms with Gasteiger partial charge < -0.3 is 19.6 Å². The Hall–Kier alpha value is -3.63. The summed E-state index contributed by atoms with van der Waals surface area (Å²) in [6, 6.07) is 18.2. The van der Waals surface area contributed by atoms with E-state index in [4.69, 9.17) is 4.42 Å². The standard InChI is InChI=1S/C21H13BrN2O4/c22-17-3-1-2-4-18(17)24-20(25)15(12-23)11-16-9-10-19(28-16)13-5-7-14(8-6-13)21(26)27/h1-11H,(H,24,25)(H,26,27)/p-1/b15-11+. The molecule has 0 bridgehead atoms. The van der Waals surface area contributed by atoms with Crippen LogP contribution < -0.4 is 10.4 Å². The number of hydrogen-bond donors (Lipinski definition) is 1. The number of carbonyl (C=O) groups is 2. The number of nitriles is 1. The van der Waals surface area contributed by atoms with Crippen molar-refractivity contribution in [3.63, 3.8) is 0 Å². The van der Waals surface area contributed by atoms with Crippen LogP contribution in [-0.2, 0) is 4.79 Å². The van der Waals surface area contributed by atoms with Crippen molar-refractivity contribution in [3.05, 3.63) is 82.0 Å². The largest absolute Gasteiger partial charge is 0.545 e. The molecule has 0 fully saturated rings. The molecule has 1 N–H and O–H groups in total. The van der Waals surface area contributed by atoms with Gasteiger partial charge in [-0.3, -0.25) is 4.79 Å². The maximum Gasteiger partial charge on any atom is 0.266 e. The van der Waals surface area contributed by atoms with Crippen LogP contribution in [0, 0.1) is 11.3 Å². The van der Waals surface area contributed by atoms with Crippen molar-refractivity contribution in [1.82, 2.24) is 0 Å². The second-order valence-electron chi connectivity index (χ2n) is 5.67. The van der Waals surface area contributed by atoms with Crippen LogP contribution in [0.25, 0.3) is 17.4 Å². The molecular weight excluding hydrogens is 424 g/mol. The minimum atomic E-state index is -1.26. The van der Waals surface area contributed by atoms with Gasteiger partial charge >= 0.3 is 0 Å². The quantitative estimate of drug-likeness (QED) is 0.486. The number of amides is 1. The highest BCUT2D eigenvalue weighted by Gasteiger charge is 2.12. The third-order valence-corrected chi connectivity index (χ3v) is 4.50. The van der Waals surface area contributed by atoms with Crippen molar-refractivity contribution < 1.29 is 19.1 Å². The number of rotatable bonds is 5. The third kappa shape index (κ3) is 4.37. The van der Waals surface area contributed by atoms with Gasteiger partial charge in [0.25, 0.3) is 5.91 Å². The van der Waals surface area contributed by atoms with Gasteiger partial charge in [-0.2, -0.15) is 5.26 Å². The second-order valence-corrected chi connectivity index (χ2v) is 6.52. The minimum absolute atomic E-state index is 0.0611. The van der Waals surface area contributed by atoms with Gasteiger partial charge in [0.05, 0.1) is 11.7 Å². The molecule has 2 aromatic carbocycles. The van der Waals surface area contributed by atoms with Crippen LogP contribution in [0.2, 0.25) is 0 Å². The zero-order chi connectivity index (χ0) is 20.1. The maximum absolute atomic E-state index is 12.4. The SMILES string of the molecule is N#C/C(=C\c1ccc(-c2ccc(C(=O)[O-])cc2)o1)C(=O)Nc1ccccc1Br. The van der Waals surface area contributed by atoms with Gasteiger partial charge in [-0.15, -0.1) is 0 Å². The summed E-state index contributed by atoms with van der Waals surface area (Å²) in [5, 5.41) is 22.8. The summed E-state index contributed by atoms with van der Waals surface area (Å²) in [6.45, 7) is 0. The summed E-state index contributed by atoms with van der Waals surface area (Å²) in [4.78, 5) is 23.2. The lowest BCUT2D eigenvalue weighted by atomic mass is 10.1. The molecule has 0 spiro atoms. The number of furan rings is 1. The number of benzene rings is 2. The van der Waals surface area contributed by atoms with Gasteiger partial charge in [0.2, 0.25) is 0 Å². The Labute approximate surface area is 168 Å². The van der Waals surface area contributed by atoms with E-state index in [0.717, 1.165) is 0 Å². The summed E-state index contributed by atoms with van der Waals surface area (Å²) in [6.07, 6.45) is 1.34. The van der Waals surface area contributed by atoms with Gasteiger partial charge in [0, 0.05) is 16.1 Å². The zero-order valence-electron chi connectivity index (χ0n) is 14.3. The van der Waals surface area contributed by atoms with E-state index >= 15 is 0 Å². The maximum atomic E-state index is 12.4. The fourth-order valence-corrected chi connectivity index (χ4v) is 2.78. The van der Waals surface area contributed by atoms with Crippen LogP contribution in [0.1, 0.15) is 16.1 Å². The normalized spacial score (nSPS) is 10.9. The molecular formula is C21H12BrN2O4-. The molecule has 0 aliphatic rings. The smallest absolute Gasteiger partial charge is 0.266 e. The van der Waals surface area contributed by atoms with Crippen molar-refractivity contribution in [1.29, 1.82) is 5.26 Å². The number of anilines is 1. The minimum Gasteiger partial charge on any atom is -0.545 e. The fraction of sp³-hybridized carbons (Fsp3) is 0. The molecule has 0 atom stereocenters. The zero-order valence-corrected chi connectivity index (χ0v) is 15.9. The van der Waals surface area contributed by atoms with Crippen LogP contribution in [0.15, 0.2) is 75.1 Å². The first kappa shape index (κ1) is 19.1. The van der Waals surface area contributed by atoms with E-state index in [1.54, 1.807) is 42.5 Å². The number of aromatic carboxylic acids is 1. The highest BCUT2D eigenvalue weighted by molar-refractivity contribution is 9.10. The van der Waals surface area contributed by atoms with Gasteiger partial charge in [0.1, 0.15) is 23.2 Å². The second kappa shape index (κ2) is 8.37. The molecule has 1 amide bonds. The highest BCUT2D eigenvalue weighted by atomic mass is 79.9. The number of carbonyl (C=O) groups excluding carboxylic acids is 2. The highest BCUT2D eigenvalue weighted by Crippen LogP contribution is 2.25. The predicted molar refractivity (Wildman–Crippen MR) is 105 cm³/mol. The van der Waals surface area contributed by atoms with Crippen LogP contribution in [0.4, 0.5) is 5.69 Å². The topological polar surface area (TPSA) is 106 Å². The molecule has 0 saturated carbocycles. The summed E-state index contributed by atoms with van der Waals surface area (Å²) >= 11 is 3.33. The number of carboxylic acid groups (broad SMARTS) is 1. The van der Waals surface area contributed by atoms with E-state index in [1.807, 2.05) is 12.1 Å². The van der Waals surface area contributed by atoms with Gasteiger partial charge in [-0.05, 0) is 45.8 Å². The Morgan fingerprint density at radius 3 is 2.43 bits per heavy atom.